The Balaban J connectivity index is 1.68. The van der Waals surface area contributed by atoms with Crippen LogP contribution in [-0.4, -0.2) is 53.3 Å². The van der Waals surface area contributed by atoms with Crippen molar-refractivity contribution >= 4 is 22.9 Å². The molecule has 1 saturated heterocycles. The Morgan fingerprint density at radius 1 is 1.09 bits per heavy atom. The maximum atomic E-state index is 12.7. The lowest BCUT2D eigenvalue weighted by atomic mass is 10.1. The summed E-state index contributed by atoms with van der Waals surface area (Å²) in [6.45, 7) is 5.51. The maximum Gasteiger partial charge on any atom is 0.411 e. The van der Waals surface area contributed by atoms with Crippen molar-refractivity contribution in [2.75, 3.05) is 13.7 Å². The molecule has 1 aromatic heterocycles. The van der Waals surface area contributed by atoms with Crippen molar-refractivity contribution in [3.63, 3.8) is 0 Å². The maximum absolute atomic E-state index is 12.7. The van der Waals surface area contributed by atoms with Crippen LogP contribution in [0.25, 0.3) is 22.2 Å². The van der Waals surface area contributed by atoms with Gasteiger partial charge in [-0.1, -0.05) is 30.3 Å². The Bertz CT molecular complexity index is 1210. The summed E-state index contributed by atoms with van der Waals surface area (Å²) in [5.74, 6) is 0.693. The lowest BCUT2D eigenvalue weighted by Gasteiger charge is -2.27. The number of likely N-dealkylation sites (tertiary alicyclic amines) is 1. The number of pyridine rings is 1. The Morgan fingerprint density at radius 3 is 2.47 bits per heavy atom. The molecule has 2 heterocycles. The van der Waals surface area contributed by atoms with Crippen LogP contribution in [0.1, 0.15) is 27.2 Å². The van der Waals surface area contributed by atoms with Crippen LogP contribution in [0.5, 0.6) is 11.5 Å². The minimum atomic E-state index is -0.804. The minimum absolute atomic E-state index is 0.184. The highest BCUT2D eigenvalue weighted by atomic mass is 16.6. The number of amides is 2. The largest absolute Gasteiger partial charge is 0.497 e. The number of methoxy groups -OCH3 is 1. The molecule has 2 amide bonds. The Morgan fingerprint density at radius 2 is 1.82 bits per heavy atom. The molecule has 0 saturated carbocycles. The van der Waals surface area contributed by atoms with E-state index in [1.807, 2.05) is 54.6 Å². The van der Waals surface area contributed by atoms with Crippen LogP contribution in [0.15, 0.2) is 54.6 Å². The molecule has 1 aliphatic heterocycles. The molecule has 0 aliphatic carbocycles. The van der Waals surface area contributed by atoms with E-state index in [2.05, 4.69) is 0 Å². The van der Waals surface area contributed by atoms with E-state index < -0.39 is 29.7 Å². The van der Waals surface area contributed by atoms with Crippen molar-refractivity contribution < 1.29 is 23.8 Å². The van der Waals surface area contributed by atoms with Gasteiger partial charge < -0.3 is 19.9 Å². The Kier molecular flexibility index (Phi) is 6.32. The first kappa shape index (κ1) is 23.4. The van der Waals surface area contributed by atoms with Crippen LogP contribution >= 0.6 is 0 Å². The summed E-state index contributed by atoms with van der Waals surface area (Å²) in [4.78, 5) is 31.0. The number of benzene rings is 2. The van der Waals surface area contributed by atoms with E-state index in [4.69, 9.17) is 24.9 Å². The molecule has 2 atom stereocenters. The van der Waals surface area contributed by atoms with Gasteiger partial charge in [0, 0.05) is 29.5 Å². The van der Waals surface area contributed by atoms with Crippen molar-refractivity contribution in [1.82, 2.24) is 9.88 Å². The zero-order valence-electron chi connectivity index (χ0n) is 19.8. The standard InChI is InChI=1S/C26H29N3O5/c1-26(2,3)34-25(31)29-15-18(13-22(29)24(27)30)33-23-14-20(16-8-6-5-7-9-16)28-21-12-17(32-4)10-11-19(21)23/h5-12,14,18,22H,13,15H2,1-4H3,(H2,27,30)/t18-,22+/m1/s1. The van der Waals surface area contributed by atoms with E-state index >= 15 is 0 Å². The SMILES string of the molecule is COc1ccc2c(O[C@@H]3C[C@@H](C(N)=O)N(C(=O)OC(C)(C)C)C3)cc(-c3ccccc3)nc2c1. The van der Waals surface area contributed by atoms with Crippen molar-refractivity contribution in [3.8, 4) is 22.8 Å². The highest BCUT2D eigenvalue weighted by Gasteiger charge is 2.41. The number of rotatable bonds is 5. The van der Waals surface area contributed by atoms with Gasteiger partial charge in [0.2, 0.25) is 5.91 Å². The molecule has 3 aromatic rings. The zero-order valence-corrected chi connectivity index (χ0v) is 19.8. The van der Waals surface area contributed by atoms with E-state index in [1.54, 1.807) is 27.9 Å². The van der Waals surface area contributed by atoms with Gasteiger partial charge in [-0.15, -0.1) is 0 Å². The fourth-order valence-electron chi connectivity index (χ4n) is 4.01. The van der Waals surface area contributed by atoms with Crippen LogP contribution < -0.4 is 15.2 Å². The topological polar surface area (TPSA) is 104 Å². The third-order valence-corrected chi connectivity index (χ3v) is 5.56. The molecular formula is C26H29N3O5. The average Bonchev–Trinajstić information content (AvgIpc) is 3.22. The smallest absolute Gasteiger partial charge is 0.411 e. The van der Waals surface area contributed by atoms with E-state index in [0.29, 0.717) is 17.0 Å². The van der Waals surface area contributed by atoms with Crippen LogP contribution in [0.2, 0.25) is 0 Å². The highest BCUT2D eigenvalue weighted by Crippen LogP contribution is 2.34. The van der Waals surface area contributed by atoms with Gasteiger partial charge in [-0.25, -0.2) is 9.78 Å². The molecular weight excluding hydrogens is 434 g/mol. The van der Waals surface area contributed by atoms with E-state index in [-0.39, 0.29) is 13.0 Å². The highest BCUT2D eigenvalue weighted by molar-refractivity contribution is 5.89. The van der Waals surface area contributed by atoms with Gasteiger partial charge in [0.25, 0.3) is 0 Å². The molecule has 2 aromatic carbocycles. The summed E-state index contributed by atoms with van der Waals surface area (Å²) in [6, 6.07) is 16.4. The van der Waals surface area contributed by atoms with Crippen LogP contribution in [0.3, 0.4) is 0 Å². The molecule has 0 unspecified atom stereocenters. The Hall–Kier alpha value is -3.81. The first-order valence-corrected chi connectivity index (χ1v) is 11.1. The first-order valence-electron chi connectivity index (χ1n) is 11.1. The molecule has 0 bridgehead atoms. The number of nitrogens with two attached hydrogens (primary N) is 1. The second-order valence-corrected chi connectivity index (χ2v) is 9.28. The third kappa shape index (κ3) is 5.06. The third-order valence-electron chi connectivity index (χ3n) is 5.56. The number of carbonyl (C=O) groups is 2. The normalized spacial score (nSPS) is 18.1. The molecule has 4 rings (SSSR count). The summed E-state index contributed by atoms with van der Waals surface area (Å²) < 4.78 is 17.2. The second kappa shape index (κ2) is 9.21. The summed E-state index contributed by atoms with van der Waals surface area (Å²) in [6.07, 6.45) is -0.757. The summed E-state index contributed by atoms with van der Waals surface area (Å²) >= 11 is 0. The van der Waals surface area contributed by atoms with Gasteiger partial charge in [-0.05, 0) is 32.9 Å². The van der Waals surface area contributed by atoms with E-state index in [9.17, 15) is 9.59 Å². The number of hydrogen-bond donors (Lipinski definition) is 1. The van der Waals surface area contributed by atoms with Gasteiger partial charge in [-0.2, -0.15) is 0 Å². The van der Waals surface area contributed by atoms with Crippen LogP contribution in [0, 0.1) is 0 Å². The van der Waals surface area contributed by atoms with Crippen molar-refractivity contribution in [2.45, 2.75) is 44.9 Å². The first-order chi connectivity index (χ1) is 16.1. The molecule has 0 radical (unpaired) electrons. The molecule has 178 valence electrons. The average molecular weight is 464 g/mol. The summed E-state index contributed by atoms with van der Waals surface area (Å²) in [5, 5.41) is 0.798. The Labute approximate surface area is 198 Å². The van der Waals surface area contributed by atoms with Gasteiger partial charge in [0.05, 0.1) is 24.9 Å². The van der Waals surface area contributed by atoms with Gasteiger partial charge >= 0.3 is 6.09 Å². The summed E-state index contributed by atoms with van der Waals surface area (Å²) in [7, 11) is 1.60. The second-order valence-electron chi connectivity index (χ2n) is 9.28. The minimum Gasteiger partial charge on any atom is -0.497 e. The molecule has 0 spiro atoms. The predicted octanol–water partition coefficient (Wildman–Crippen LogP) is 4.15. The number of hydrogen-bond acceptors (Lipinski definition) is 6. The van der Waals surface area contributed by atoms with Gasteiger partial charge in [0.1, 0.15) is 29.2 Å². The predicted molar refractivity (Wildman–Crippen MR) is 129 cm³/mol. The van der Waals surface area contributed by atoms with Crippen molar-refractivity contribution in [1.29, 1.82) is 0 Å². The number of nitrogens with zero attached hydrogens (tertiary/aromatic N) is 2. The number of fused-ring (bicyclic) bond motifs is 1. The lowest BCUT2D eigenvalue weighted by Crippen LogP contribution is -2.45. The molecule has 8 heteroatoms. The lowest BCUT2D eigenvalue weighted by molar-refractivity contribution is -0.122. The van der Waals surface area contributed by atoms with Gasteiger partial charge in [-0.3, -0.25) is 9.69 Å². The quantitative estimate of drug-likeness (QED) is 0.610. The molecule has 8 nitrogen and oxygen atoms in total. The fourth-order valence-corrected chi connectivity index (χ4v) is 4.01. The van der Waals surface area contributed by atoms with Crippen molar-refractivity contribution in [2.24, 2.45) is 5.73 Å². The van der Waals surface area contributed by atoms with E-state index in [0.717, 1.165) is 16.6 Å². The van der Waals surface area contributed by atoms with Crippen molar-refractivity contribution in [3.05, 3.63) is 54.6 Å². The monoisotopic (exact) mass is 463 g/mol. The van der Waals surface area contributed by atoms with Crippen LogP contribution in [0.4, 0.5) is 4.79 Å². The van der Waals surface area contributed by atoms with E-state index in [1.165, 1.54) is 4.90 Å². The molecule has 34 heavy (non-hydrogen) atoms. The van der Waals surface area contributed by atoms with Crippen LogP contribution in [-0.2, 0) is 9.53 Å². The number of carbonyl (C=O) groups excluding carboxylic acids is 2. The molecule has 1 aliphatic rings. The fraction of sp³-hybridized carbons (Fsp3) is 0.346. The summed E-state index contributed by atoms with van der Waals surface area (Å²) in [5.41, 5.74) is 7.30. The zero-order chi connectivity index (χ0) is 24.5. The van der Waals surface area contributed by atoms with Gasteiger partial charge in [0.15, 0.2) is 0 Å². The number of ether oxygens (including phenoxy) is 3. The molecule has 2 N–H and O–H groups in total. The molecule has 1 fully saturated rings. The number of aromatic nitrogens is 1. The number of primary amides is 1.